The Morgan fingerprint density at radius 3 is 1.86 bits per heavy atom. The van der Waals surface area contributed by atoms with Crippen LogP contribution >= 0.6 is 0 Å². The van der Waals surface area contributed by atoms with Crippen LogP contribution in [0, 0.1) is 0 Å². The van der Waals surface area contributed by atoms with E-state index in [4.69, 9.17) is 14.9 Å². The second-order valence-electron chi connectivity index (χ2n) is 4.88. The van der Waals surface area contributed by atoms with Crippen molar-refractivity contribution in [2.75, 3.05) is 25.6 Å². The van der Waals surface area contributed by atoms with Crippen molar-refractivity contribution >= 4 is 17.8 Å². The lowest BCUT2D eigenvalue weighted by Gasteiger charge is -2.14. The van der Waals surface area contributed by atoms with Gasteiger partial charge in [-0.1, -0.05) is 36.4 Å². The summed E-state index contributed by atoms with van der Waals surface area (Å²) in [6.07, 6.45) is 3.49. The lowest BCUT2D eigenvalue weighted by molar-refractivity contribution is 0.0629. The number of nitrogens with one attached hydrogen (secondary N) is 1. The molecule has 0 saturated carbocycles. The second-order valence-corrected chi connectivity index (χ2v) is 4.88. The van der Waals surface area contributed by atoms with E-state index in [-0.39, 0.29) is 13.2 Å². The minimum atomic E-state index is -0.577. The summed E-state index contributed by atoms with van der Waals surface area (Å²) in [6.45, 7) is -0.415. The van der Waals surface area contributed by atoms with Gasteiger partial charge in [-0.25, -0.2) is 0 Å². The summed E-state index contributed by atoms with van der Waals surface area (Å²) in [4.78, 5) is 0. The molecule has 0 aliphatic rings. The van der Waals surface area contributed by atoms with Crippen molar-refractivity contribution in [3.63, 3.8) is 0 Å². The zero-order valence-corrected chi connectivity index (χ0v) is 12.6. The molecule has 0 unspecified atom stereocenters. The van der Waals surface area contributed by atoms with E-state index in [1.807, 2.05) is 67.7 Å². The predicted octanol–water partition coefficient (Wildman–Crippen LogP) is 2.63. The molecule has 0 heterocycles. The Balaban J connectivity index is 1.99. The molecule has 116 valence electrons. The molecule has 0 aromatic heterocycles. The molecule has 0 spiro atoms. The van der Waals surface area contributed by atoms with Gasteiger partial charge >= 0.3 is 0 Å². The van der Waals surface area contributed by atoms with Gasteiger partial charge in [0.1, 0.15) is 11.9 Å². The minimum absolute atomic E-state index is 0.208. The molecule has 0 radical (unpaired) electrons. The highest BCUT2D eigenvalue weighted by molar-refractivity contribution is 5.70. The number of rotatable bonds is 7. The molecule has 2 aromatic carbocycles. The number of hydrogen-bond donors (Lipinski definition) is 3. The normalized spacial score (nSPS) is 11.1. The Labute approximate surface area is 130 Å². The van der Waals surface area contributed by atoms with E-state index in [1.54, 1.807) is 0 Å². The first-order valence-electron chi connectivity index (χ1n) is 7.19. The van der Waals surface area contributed by atoms with E-state index in [1.165, 1.54) is 0 Å². The van der Waals surface area contributed by atoms with Gasteiger partial charge in [0.25, 0.3) is 0 Å². The maximum absolute atomic E-state index is 8.99. The van der Waals surface area contributed by atoms with E-state index in [0.29, 0.717) is 5.75 Å². The largest absolute Gasteiger partial charge is 0.486 e. The van der Waals surface area contributed by atoms with Crippen LogP contribution in [0.3, 0.4) is 0 Å². The number of aliphatic hydroxyl groups is 2. The van der Waals surface area contributed by atoms with Crippen molar-refractivity contribution < 1.29 is 14.9 Å². The van der Waals surface area contributed by atoms with Crippen molar-refractivity contribution in [2.24, 2.45) is 0 Å². The van der Waals surface area contributed by atoms with Crippen molar-refractivity contribution in [3.05, 3.63) is 59.7 Å². The highest BCUT2D eigenvalue weighted by Gasteiger charge is 2.06. The predicted molar refractivity (Wildman–Crippen MR) is 89.9 cm³/mol. The van der Waals surface area contributed by atoms with Gasteiger partial charge in [0.05, 0.1) is 13.2 Å². The monoisotopic (exact) mass is 299 g/mol. The Hall–Kier alpha value is -2.30. The first-order chi connectivity index (χ1) is 10.7. The average Bonchev–Trinajstić information content (AvgIpc) is 2.59. The Kier molecular flexibility index (Phi) is 6.01. The van der Waals surface area contributed by atoms with Gasteiger partial charge in [-0.3, -0.25) is 0 Å². The van der Waals surface area contributed by atoms with Crippen LogP contribution in [0.4, 0.5) is 5.69 Å². The summed E-state index contributed by atoms with van der Waals surface area (Å²) in [7, 11) is 1.90. The summed E-state index contributed by atoms with van der Waals surface area (Å²) in [6, 6.07) is 15.7. The van der Waals surface area contributed by atoms with Gasteiger partial charge in [0, 0.05) is 12.7 Å². The van der Waals surface area contributed by atoms with Crippen LogP contribution in [0.2, 0.25) is 0 Å². The highest BCUT2D eigenvalue weighted by atomic mass is 16.5. The third kappa shape index (κ3) is 4.62. The molecule has 2 aromatic rings. The molecule has 4 nitrogen and oxygen atoms in total. The zero-order chi connectivity index (χ0) is 15.8. The lowest BCUT2D eigenvalue weighted by Crippen LogP contribution is -2.25. The molecule has 0 atom stereocenters. The highest BCUT2D eigenvalue weighted by Crippen LogP contribution is 2.16. The van der Waals surface area contributed by atoms with E-state index >= 15 is 0 Å². The summed E-state index contributed by atoms with van der Waals surface area (Å²) in [5.74, 6) is 0.628. The molecular weight excluding hydrogens is 278 g/mol. The topological polar surface area (TPSA) is 61.7 Å². The maximum atomic E-state index is 8.99. The van der Waals surface area contributed by atoms with Crippen LogP contribution in [-0.2, 0) is 0 Å². The van der Waals surface area contributed by atoms with Crippen molar-refractivity contribution in [2.45, 2.75) is 6.10 Å². The average molecular weight is 299 g/mol. The minimum Gasteiger partial charge on any atom is -0.486 e. The SMILES string of the molecule is CNc1ccc(C=Cc2ccc(OC(CO)CO)cc2)cc1. The van der Waals surface area contributed by atoms with Crippen molar-refractivity contribution in [1.29, 1.82) is 0 Å². The summed E-state index contributed by atoms with van der Waals surface area (Å²) in [5.41, 5.74) is 3.26. The fourth-order valence-electron chi connectivity index (χ4n) is 1.94. The molecular formula is C18H21NO3. The molecule has 0 saturated heterocycles. The molecule has 0 bridgehead atoms. The number of benzene rings is 2. The number of anilines is 1. The van der Waals surface area contributed by atoms with Crippen LogP contribution in [0.1, 0.15) is 11.1 Å². The Bertz CT molecular complexity index is 587. The summed E-state index contributed by atoms with van der Waals surface area (Å²) < 4.78 is 5.43. The molecule has 3 N–H and O–H groups in total. The molecule has 0 aliphatic carbocycles. The third-order valence-corrected chi connectivity index (χ3v) is 3.26. The van der Waals surface area contributed by atoms with E-state index < -0.39 is 6.10 Å². The quantitative estimate of drug-likeness (QED) is 0.688. The Morgan fingerprint density at radius 2 is 1.41 bits per heavy atom. The lowest BCUT2D eigenvalue weighted by atomic mass is 10.1. The molecule has 0 aliphatic heterocycles. The number of hydrogen-bond acceptors (Lipinski definition) is 4. The van der Waals surface area contributed by atoms with Crippen LogP contribution in [0.5, 0.6) is 5.75 Å². The fourth-order valence-corrected chi connectivity index (χ4v) is 1.94. The van der Waals surface area contributed by atoms with Gasteiger partial charge in [-0.2, -0.15) is 0 Å². The van der Waals surface area contributed by atoms with E-state index in [9.17, 15) is 0 Å². The Morgan fingerprint density at radius 1 is 0.909 bits per heavy atom. The molecule has 4 heteroatoms. The van der Waals surface area contributed by atoms with Gasteiger partial charge in [0.15, 0.2) is 0 Å². The van der Waals surface area contributed by atoms with E-state index in [2.05, 4.69) is 5.32 Å². The zero-order valence-electron chi connectivity index (χ0n) is 12.6. The molecule has 2 rings (SSSR count). The number of aliphatic hydroxyl groups excluding tert-OH is 2. The first-order valence-corrected chi connectivity index (χ1v) is 7.19. The molecule has 0 amide bonds. The third-order valence-electron chi connectivity index (χ3n) is 3.26. The van der Waals surface area contributed by atoms with Crippen molar-refractivity contribution in [1.82, 2.24) is 0 Å². The summed E-state index contributed by atoms with van der Waals surface area (Å²) in [5, 5.41) is 21.1. The van der Waals surface area contributed by atoms with Gasteiger partial charge in [-0.15, -0.1) is 0 Å². The van der Waals surface area contributed by atoms with Gasteiger partial charge in [-0.05, 0) is 35.4 Å². The summed E-state index contributed by atoms with van der Waals surface area (Å²) >= 11 is 0. The van der Waals surface area contributed by atoms with Gasteiger partial charge in [0.2, 0.25) is 0 Å². The smallest absolute Gasteiger partial charge is 0.145 e. The molecule has 0 fully saturated rings. The van der Waals surface area contributed by atoms with Crippen LogP contribution in [0.15, 0.2) is 48.5 Å². The standard InChI is InChI=1S/C18H21NO3/c1-19-16-8-4-14(5-9-16)2-3-15-6-10-17(11-7-15)22-18(12-20)13-21/h2-11,18-21H,12-13H2,1H3. The molecule has 22 heavy (non-hydrogen) atoms. The maximum Gasteiger partial charge on any atom is 0.145 e. The van der Waals surface area contributed by atoms with Gasteiger partial charge < -0.3 is 20.3 Å². The van der Waals surface area contributed by atoms with Crippen LogP contribution in [-0.4, -0.2) is 36.6 Å². The van der Waals surface area contributed by atoms with Crippen LogP contribution in [0.25, 0.3) is 12.2 Å². The fraction of sp³-hybridized carbons (Fsp3) is 0.222. The first kappa shape index (κ1) is 16.1. The number of ether oxygens (including phenoxy) is 1. The van der Waals surface area contributed by atoms with Crippen LogP contribution < -0.4 is 10.1 Å². The second kappa shape index (κ2) is 8.22. The van der Waals surface area contributed by atoms with Crippen molar-refractivity contribution in [3.8, 4) is 5.75 Å². The van der Waals surface area contributed by atoms with E-state index in [0.717, 1.165) is 16.8 Å².